The minimum Gasteiger partial charge on any atom is -0.462 e. The molecule has 7 heteroatoms. The average molecular weight is 442 g/mol. The number of carbonyl (C=O) groups is 1. The molecule has 0 saturated carbocycles. The lowest BCUT2D eigenvalue weighted by atomic mass is 9.83. The van der Waals surface area contributed by atoms with E-state index in [4.69, 9.17) is 19.6 Å². The highest BCUT2D eigenvalue weighted by Gasteiger charge is 2.39. The molecule has 1 aromatic heterocycles. The molecule has 1 aliphatic heterocycles. The van der Waals surface area contributed by atoms with Crippen LogP contribution in [-0.2, 0) is 9.53 Å². The van der Waals surface area contributed by atoms with Gasteiger partial charge >= 0.3 is 11.6 Å². The maximum Gasteiger partial charge on any atom is 0.344 e. The molecule has 1 atom stereocenters. The number of fused-ring (bicyclic) bond motifs is 3. The van der Waals surface area contributed by atoms with E-state index >= 15 is 0 Å². The summed E-state index contributed by atoms with van der Waals surface area (Å²) < 4.78 is 17.2. The molecule has 2 N–H and O–H groups in total. The smallest absolute Gasteiger partial charge is 0.344 e. The Bertz CT molecular complexity index is 1180. The predicted molar refractivity (Wildman–Crippen MR) is 107 cm³/mol. The number of para-hydroxylation sites is 1. The molecule has 1 aliphatic rings. The maximum absolute atomic E-state index is 12.9. The van der Waals surface area contributed by atoms with Crippen molar-refractivity contribution in [3.63, 3.8) is 0 Å². The molecule has 2 aromatic carbocycles. The second kappa shape index (κ2) is 7.16. The van der Waals surface area contributed by atoms with Crippen molar-refractivity contribution in [2.45, 2.75) is 12.8 Å². The Labute approximate surface area is 168 Å². The van der Waals surface area contributed by atoms with Crippen molar-refractivity contribution in [2.24, 2.45) is 5.73 Å². The number of rotatable bonds is 3. The van der Waals surface area contributed by atoms with Crippen LogP contribution in [0.5, 0.6) is 5.75 Å². The van der Waals surface area contributed by atoms with Gasteiger partial charge in [0.05, 0.1) is 23.5 Å². The molecule has 28 heavy (non-hydrogen) atoms. The Morgan fingerprint density at radius 1 is 1.18 bits per heavy atom. The Kier molecular flexibility index (Phi) is 4.68. The van der Waals surface area contributed by atoms with E-state index in [1.54, 1.807) is 31.2 Å². The largest absolute Gasteiger partial charge is 0.462 e. The zero-order chi connectivity index (χ0) is 19.8. The summed E-state index contributed by atoms with van der Waals surface area (Å²) in [5, 5.41) is 0.597. The fourth-order valence-electron chi connectivity index (χ4n) is 3.39. The van der Waals surface area contributed by atoms with E-state index in [0.717, 1.165) is 4.47 Å². The van der Waals surface area contributed by atoms with Crippen molar-refractivity contribution < 1.29 is 18.7 Å². The SMILES string of the molecule is CCOC(=O)C1=C(N)Oc2c(c(=O)oc3ccccc23)C1c1ccccc1Br. The van der Waals surface area contributed by atoms with Crippen LogP contribution in [0.15, 0.2) is 73.7 Å². The number of nitrogens with two attached hydrogens (primary N) is 1. The first-order valence-electron chi connectivity index (χ1n) is 8.67. The highest BCUT2D eigenvalue weighted by atomic mass is 79.9. The van der Waals surface area contributed by atoms with E-state index in [0.29, 0.717) is 16.5 Å². The average Bonchev–Trinajstić information content (AvgIpc) is 2.67. The van der Waals surface area contributed by atoms with Crippen LogP contribution in [0.3, 0.4) is 0 Å². The van der Waals surface area contributed by atoms with Gasteiger partial charge in [-0.05, 0) is 30.7 Å². The number of benzene rings is 2. The first kappa shape index (κ1) is 18.3. The van der Waals surface area contributed by atoms with Crippen molar-refractivity contribution in [1.82, 2.24) is 0 Å². The molecule has 4 rings (SSSR count). The zero-order valence-electron chi connectivity index (χ0n) is 14.9. The van der Waals surface area contributed by atoms with Gasteiger partial charge in [-0.15, -0.1) is 0 Å². The first-order chi connectivity index (χ1) is 13.5. The number of esters is 1. The van der Waals surface area contributed by atoms with Gasteiger partial charge in [-0.25, -0.2) is 9.59 Å². The second-order valence-corrected chi connectivity index (χ2v) is 7.04. The van der Waals surface area contributed by atoms with Gasteiger partial charge in [0.2, 0.25) is 5.88 Å². The summed E-state index contributed by atoms with van der Waals surface area (Å²) in [5.74, 6) is -1.24. The molecule has 0 radical (unpaired) electrons. The van der Waals surface area contributed by atoms with E-state index in [2.05, 4.69) is 15.9 Å². The van der Waals surface area contributed by atoms with Crippen LogP contribution < -0.4 is 16.1 Å². The number of hydrogen-bond donors (Lipinski definition) is 1. The van der Waals surface area contributed by atoms with Crippen molar-refractivity contribution in [3.05, 3.63) is 86.0 Å². The lowest BCUT2D eigenvalue weighted by Crippen LogP contribution is -2.31. The highest BCUT2D eigenvalue weighted by molar-refractivity contribution is 9.10. The lowest BCUT2D eigenvalue weighted by Gasteiger charge is -2.28. The van der Waals surface area contributed by atoms with Gasteiger partial charge in [-0.3, -0.25) is 0 Å². The van der Waals surface area contributed by atoms with Gasteiger partial charge in [-0.1, -0.05) is 46.3 Å². The normalized spacial score (nSPS) is 15.9. The quantitative estimate of drug-likeness (QED) is 0.490. The van der Waals surface area contributed by atoms with Crippen LogP contribution in [0.2, 0.25) is 0 Å². The summed E-state index contributed by atoms with van der Waals surface area (Å²) >= 11 is 3.50. The number of ether oxygens (including phenoxy) is 2. The fraction of sp³-hybridized carbons (Fsp3) is 0.143. The Hall–Kier alpha value is -3.06. The van der Waals surface area contributed by atoms with Crippen LogP contribution in [0.25, 0.3) is 11.0 Å². The molecule has 0 saturated heterocycles. The van der Waals surface area contributed by atoms with Crippen LogP contribution in [0.4, 0.5) is 0 Å². The monoisotopic (exact) mass is 441 g/mol. The van der Waals surface area contributed by atoms with Gasteiger partial charge in [0.1, 0.15) is 11.2 Å². The molecule has 1 unspecified atom stereocenters. The van der Waals surface area contributed by atoms with Crippen molar-refractivity contribution in [2.75, 3.05) is 6.61 Å². The topological polar surface area (TPSA) is 91.8 Å². The van der Waals surface area contributed by atoms with E-state index in [-0.39, 0.29) is 29.4 Å². The molecule has 0 spiro atoms. The molecule has 0 bridgehead atoms. The van der Waals surface area contributed by atoms with E-state index in [9.17, 15) is 9.59 Å². The third-order valence-electron chi connectivity index (χ3n) is 4.57. The molecule has 2 heterocycles. The highest BCUT2D eigenvalue weighted by Crippen LogP contribution is 2.45. The summed E-state index contributed by atoms with van der Waals surface area (Å²) in [5.41, 5.74) is 6.90. The molecule has 0 amide bonds. The molecule has 3 aromatic rings. The summed E-state index contributed by atoms with van der Waals surface area (Å²) in [6, 6.07) is 14.3. The third-order valence-corrected chi connectivity index (χ3v) is 5.29. The summed E-state index contributed by atoms with van der Waals surface area (Å²) in [7, 11) is 0. The van der Waals surface area contributed by atoms with Gasteiger partial charge < -0.3 is 19.6 Å². The van der Waals surface area contributed by atoms with Gasteiger partial charge in [0.15, 0.2) is 5.75 Å². The molecular formula is C21H16BrNO5. The number of halogens is 1. The van der Waals surface area contributed by atoms with Crippen molar-refractivity contribution in [3.8, 4) is 5.75 Å². The number of hydrogen-bond acceptors (Lipinski definition) is 6. The number of carbonyl (C=O) groups excluding carboxylic acids is 1. The predicted octanol–water partition coefficient (Wildman–Crippen LogP) is 3.81. The van der Waals surface area contributed by atoms with Crippen LogP contribution >= 0.6 is 15.9 Å². The molecule has 0 fully saturated rings. The van der Waals surface area contributed by atoms with Crippen LogP contribution in [0.1, 0.15) is 24.0 Å². The summed E-state index contributed by atoms with van der Waals surface area (Å²) in [6.45, 7) is 1.86. The Balaban J connectivity index is 2.07. The minimum absolute atomic E-state index is 0.0730. The van der Waals surface area contributed by atoms with Crippen LogP contribution in [0, 0.1) is 0 Å². The van der Waals surface area contributed by atoms with Crippen molar-refractivity contribution >= 4 is 32.9 Å². The van der Waals surface area contributed by atoms with E-state index in [1.165, 1.54) is 0 Å². The fourth-order valence-corrected chi connectivity index (χ4v) is 3.91. The summed E-state index contributed by atoms with van der Waals surface area (Å²) in [4.78, 5) is 25.6. The van der Waals surface area contributed by atoms with Crippen molar-refractivity contribution in [1.29, 1.82) is 0 Å². The zero-order valence-corrected chi connectivity index (χ0v) is 16.5. The Morgan fingerprint density at radius 2 is 1.89 bits per heavy atom. The van der Waals surface area contributed by atoms with Gasteiger partial charge in [0.25, 0.3) is 0 Å². The van der Waals surface area contributed by atoms with Gasteiger partial charge in [-0.2, -0.15) is 0 Å². The lowest BCUT2D eigenvalue weighted by molar-refractivity contribution is -0.139. The molecule has 6 nitrogen and oxygen atoms in total. The summed E-state index contributed by atoms with van der Waals surface area (Å²) in [6.07, 6.45) is 0. The molecule has 142 valence electrons. The van der Waals surface area contributed by atoms with E-state index in [1.807, 2.05) is 24.3 Å². The molecular weight excluding hydrogens is 426 g/mol. The minimum atomic E-state index is -0.792. The first-order valence-corrected chi connectivity index (χ1v) is 9.47. The Morgan fingerprint density at radius 3 is 2.64 bits per heavy atom. The van der Waals surface area contributed by atoms with Gasteiger partial charge in [0, 0.05) is 4.47 Å². The van der Waals surface area contributed by atoms with E-state index < -0.39 is 17.5 Å². The maximum atomic E-state index is 12.9. The van der Waals surface area contributed by atoms with Crippen LogP contribution in [-0.4, -0.2) is 12.6 Å². The molecule has 0 aliphatic carbocycles. The standard InChI is InChI=1S/C21H16BrNO5/c1-2-26-20(24)17-15(11-7-3-5-9-13(11)22)16-18(28-19(17)23)12-8-4-6-10-14(12)27-21(16)25/h3-10,15H,2,23H2,1H3. The second-order valence-electron chi connectivity index (χ2n) is 6.18. The third kappa shape index (κ3) is 2.88.